The fourth-order valence-electron chi connectivity index (χ4n) is 3.53. The van der Waals surface area contributed by atoms with Crippen molar-refractivity contribution < 1.29 is 14.8 Å². The number of fused-ring (bicyclic) bond motifs is 1. The van der Waals surface area contributed by atoms with Crippen LogP contribution in [0.25, 0.3) is 0 Å². The largest absolute Gasteiger partial charge is 0.451 e. The molecule has 0 bridgehead atoms. The van der Waals surface area contributed by atoms with Crippen molar-refractivity contribution in [2.24, 2.45) is 11.1 Å². The topological polar surface area (TPSA) is 98.8 Å². The van der Waals surface area contributed by atoms with Crippen molar-refractivity contribution in [3.8, 4) is 0 Å². The zero-order chi connectivity index (χ0) is 14.0. The quantitative estimate of drug-likeness (QED) is 0.469. The summed E-state index contributed by atoms with van der Waals surface area (Å²) in [4.78, 5) is 14.0. The van der Waals surface area contributed by atoms with Crippen LogP contribution in [0, 0.1) is 5.41 Å². The van der Waals surface area contributed by atoms with Gasteiger partial charge in [0.2, 0.25) is 5.91 Å². The van der Waals surface area contributed by atoms with E-state index in [-0.39, 0.29) is 17.4 Å². The smallest absolute Gasteiger partial charge is 0.427 e. The molecule has 0 aliphatic carbocycles. The molecule has 0 aromatic rings. The molecule has 2 fully saturated rings. The van der Waals surface area contributed by atoms with E-state index in [1.165, 1.54) is 0 Å². The van der Waals surface area contributed by atoms with Gasteiger partial charge in [-0.3, -0.25) is 4.79 Å². The second kappa shape index (κ2) is 5.79. The number of nitrogens with one attached hydrogen (secondary N) is 1. The van der Waals surface area contributed by atoms with Gasteiger partial charge in [-0.15, -0.1) is 0 Å². The fourth-order valence-corrected chi connectivity index (χ4v) is 3.53. The van der Waals surface area contributed by atoms with E-state index in [4.69, 9.17) is 15.8 Å². The van der Waals surface area contributed by atoms with Crippen LogP contribution in [0.1, 0.15) is 26.2 Å². The molecular weight excluding hydrogens is 245 g/mol. The Morgan fingerprint density at radius 1 is 1.63 bits per heavy atom. The van der Waals surface area contributed by atoms with Crippen LogP contribution in [0.15, 0.2) is 0 Å². The van der Waals surface area contributed by atoms with Crippen LogP contribution in [0.5, 0.6) is 0 Å². The van der Waals surface area contributed by atoms with E-state index in [1.54, 1.807) is 6.92 Å². The van der Waals surface area contributed by atoms with E-state index in [1.807, 2.05) is 4.90 Å². The average Bonchev–Trinajstić information content (AvgIpc) is 2.85. The standard InChI is InChI=1S/C12H24BN3O3/c1-9(14)11(17)16-6-4-12(3-2-5-13(18)19)8-15-7-10(12)16/h9-10,15,18-19H,2-8,14H2,1H3/t9-,10-,12+/m0/s1. The van der Waals surface area contributed by atoms with Crippen LogP contribution in [0.2, 0.25) is 6.32 Å². The molecular formula is C12H24BN3O3. The van der Waals surface area contributed by atoms with Crippen LogP contribution < -0.4 is 11.1 Å². The molecule has 1 amide bonds. The molecule has 0 radical (unpaired) electrons. The van der Waals surface area contributed by atoms with Crippen molar-refractivity contribution in [3.63, 3.8) is 0 Å². The number of hydrogen-bond donors (Lipinski definition) is 4. The Labute approximate surface area is 114 Å². The number of amides is 1. The lowest BCUT2D eigenvalue weighted by molar-refractivity contribution is -0.133. The highest BCUT2D eigenvalue weighted by Crippen LogP contribution is 2.43. The Kier molecular flexibility index (Phi) is 4.50. The monoisotopic (exact) mass is 269 g/mol. The van der Waals surface area contributed by atoms with E-state index in [2.05, 4.69) is 5.32 Å². The Morgan fingerprint density at radius 2 is 2.37 bits per heavy atom. The molecule has 2 saturated heterocycles. The summed E-state index contributed by atoms with van der Waals surface area (Å²) in [5.41, 5.74) is 5.80. The highest BCUT2D eigenvalue weighted by atomic mass is 16.4. The van der Waals surface area contributed by atoms with Crippen molar-refractivity contribution in [2.45, 2.75) is 44.6 Å². The normalized spacial score (nSPS) is 31.4. The number of nitrogens with two attached hydrogens (primary N) is 1. The Morgan fingerprint density at radius 3 is 3.00 bits per heavy atom. The SMILES string of the molecule is C[C@H](N)C(=O)N1CC[C@]2(CCCB(O)O)CNC[C@H]12. The lowest BCUT2D eigenvalue weighted by Gasteiger charge is -2.32. The summed E-state index contributed by atoms with van der Waals surface area (Å²) < 4.78 is 0. The van der Waals surface area contributed by atoms with E-state index in [0.717, 1.165) is 38.9 Å². The maximum absolute atomic E-state index is 12.1. The third-order valence-electron chi connectivity index (χ3n) is 4.56. The van der Waals surface area contributed by atoms with E-state index >= 15 is 0 Å². The zero-order valence-electron chi connectivity index (χ0n) is 11.5. The van der Waals surface area contributed by atoms with E-state index in [9.17, 15) is 4.79 Å². The Balaban J connectivity index is 1.99. The highest BCUT2D eigenvalue weighted by molar-refractivity contribution is 6.40. The number of likely N-dealkylation sites (tertiary alicyclic amines) is 1. The maximum Gasteiger partial charge on any atom is 0.451 e. The molecule has 3 atom stereocenters. The Bertz CT molecular complexity index is 340. The predicted molar refractivity (Wildman–Crippen MR) is 73.3 cm³/mol. The molecule has 2 aliphatic rings. The first kappa shape index (κ1) is 14.8. The summed E-state index contributed by atoms with van der Waals surface area (Å²) in [6.07, 6.45) is 3.07. The van der Waals surface area contributed by atoms with Gasteiger partial charge >= 0.3 is 7.12 Å². The molecule has 19 heavy (non-hydrogen) atoms. The lowest BCUT2D eigenvalue weighted by atomic mass is 9.74. The van der Waals surface area contributed by atoms with E-state index < -0.39 is 13.2 Å². The first-order valence-corrected chi connectivity index (χ1v) is 7.09. The summed E-state index contributed by atoms with van der Waals surface area (Å²) in [7, 11) is -1.23. The molecule has 0 saturated carbocycles. The third kappa shape index (κ3) is 2.94. The molecule has 2 aliphatic heterocycles. The summed E-state index contributed by atoms with van der Waals surface area (Å²) in [6.45, 7) is 4.23. The van der Waals surface area contributed by atoms with Gasteiger partial charge in [-0.1, -0.05) is 6.42 Å². The zero-order valence-corrected chi connectivity index (χ0v) is 11.5. The first-order chi connectivity index (χ1) is 8.96. The van der Waals surface area contributed by atoms with Gasteiger partial charge in [-0.25, -0.2) is 0 Å². The number of carbonyl (C=O) groups excluding carboxylic acids is 1. The lowest BCUT2D eigenvalue weighted by Crippen LogP contribution is -2.48. The summed E-state index contributed by atoms with van der Waals surface area (Å²) >= 11 is 0. The minimum Gasteiger partial charge on any atom is -0.427 e. The van der Waals surface area contributed by atoms with Crippen molar-refractivity contribution in [2.75, 3.05) is 19.6 Å². The molecule has 5 N–H and O–H groups in total. The molecule has 6 nitrogen and oxygen atoms in total. The van der Waals surface area contributed by atoms with Gasteiger partial charge < -0.3 is 26.0 Å². The minimum absolute atomic E-state index is 0.0257. The average molecular weight is 269 g/mol. The van der Waals surface area contributed by atoms with Crippen molar-refractivity contribution in [3.05, 3.63) is 0 Å². The number of rotatable bonds is 5. The second-order valence-corrected chi connectivity index (χ2v) is 5.95. The van der Waals surface area contributed by atoms with Gasteiger partial charge in [-0.2, -0.15) is 0 Å². The molecule has 0 spiro atoms. The molecule has 2 rings (SSSR count). The Hall–Kier alpha value is -0.625. The summed E-state index contributed by atoms with van der Waals surface area (Å²) in [6, 6.07) is -0.238. The maximum atomic E-state index is 12.1. The first-order valence-electron chi connectivity index (χ1n) is 7.09. The highest BCUT2D eigenvalue weighted by Gasteiger charge is 2.51. The summed E-state index contributed by atoms with van der Waals surface area (Å²) in [5, 5.41) is 21.2. The van der Waals surface area contributed by atoms with Crippen LogP contribution in [-0.2, 0) is 4.79 Å². The van der Waals surface area contributed by atoms with Gasteiger partial charge in [-0.05, 0) is 26.1 Å². The third-order valence-corrected chi connectivity index (χ3v) is 4.56. The van der Waals surface area contributed by atoms with Crippen molar-refractivity contribution in [1.82, 2.24) is 10.2 Å². The molecule has 7 heteroatoms. The van der Waals surface area contributed by atoms with Crippen LogP contribution >= 0.6 is 0 Å². The fraction of sp³-hybridized carbons (Fsp3) is 0.917. The molecule has 0 unspecified atom stereocenters. The predicted octanol–water partition coefficient (Wildman–Crippen LogP) is -1.22. The van der Waals surface area contributed by atoms with Crippen LogP contribution in [0.3, 0.4) is 0 Å². The van der Waals surface area contributed by atoms with Gasteiger partial charge in [0, 0.05) is 25.0 Å². The van der Waals surface area contributed by atoms with Gasteiger partial charge in [0.05, 0.1) is 12.1 Å². The van der Waals surface area contributed by atoms with E-state index in [0.29, 0.717) is 6.32 Å². The second-order valence-electron chi connectivity index (χ2n) is 5.95. The molecule has 0 aromatic carbocycles. The number of carbonyl (C=O) groups is 1. The van der Waals surface area contributed by atoms with Gasteiger partial charge in [0.1, 0.15) is 0 Å². The molecule has 108 valence electrons. The van der Waals surface area contributed by atoms with Gasteiger partial charge in [0.25, 0.3) is 0 Å². The van der Waals surface area contributed by atoms with Crippen molar-refractivity contribution >= 4 is 13.0 Å². The molecule has 2 heterocycles. The minimum atomic E-state index is -1.23. The van der Waals surface area contributed by atoms with Crippen LogP contribution in [-0.4, -0.2) is 59.7 Å². The number of hydrogen-bond acceptors (Lipinski definition) is 5. The number of nitrogens with zero attached hydrogens (tertiary/aromatic N) is 1. The summed E-state index contributed by atoms with van der Waals surface area (Å²) in [5.74, 6) is 0.0257. The van der Waals surface area contributed by atoms with Crippen LogP contribution in [0.4, 0.5) is 0 Å². The molecule has 0 aromatic heterocycles. The van der Waals surface area contributed by atoms with Gasteiger partial charge in [0.15, 0.2) is 0 Å². The van der Waals surface area contributed by atoms with Crippen molar-refractivity contribution in [1.29, 1.82) is 0 Å².